The van der Waals surface area contributed by atoms with E-state index in [-0.39, 0.29) is 11.0 Å². The molecule has 1 aromatic rings. The quantitative estimate of drug-likeness (QED) is 0.853. The SMILES string of the molecule is CN(CC1CCCCO1)S(=O)(=O)c1cc(CN)ccc1Br. The highest BCUT2D eigenvalue weighted by Crippen LogP contribution is 2.26. The van der Waals surface area contributed by atoms with Gasteiger partial charge in [-0.05, 0) is 52.9 Å². The number of nitrogens with two attached hydrogens (primary N) is 1. The molecule has 0 aliphatic carbocycles. The highest BCUT2D eigenvalue weighted by molar-refractivity contribution is 9.10. The van der Waals surface area contributed by atoms with Crippen molar-refractivity contribution in [1.82, 2.24) is 4.31 Å². The molecule has 2 N–H and O–H groups in total. The Morgan fingerprint density at radius 3 is 2.81 bits per heavy atom. The van der Waals surface area contributed by atoms with Crippen LogP contribution in [0.25, 0.3) is 0 Å². The van der Waals surface area contributed by atoms with Crippen LogP contribution in [0, 0.1) is 0 Å². The highest BCUT2D eigenvalue weighted by atomic mass is 79.9. The van der Waals surface area contributed by atoms with E-state index in [1.165, 1.54) is 4.31 Å². The summed E-state index contributed by atoms with van der Waals surface area (Å²) in [5, 5.41) is 0. The van der Waals surface area contributed by atoms with Gasteiger partial charge >= 0.3 is 0 Å². The standard InChI is InChI=1S/C14H21BrN2O3S/c1-17(10-12-4-2-3-7-20-12)21(18,19)14-8-11(9-16)5-6-13(14)15/h5-6,8,12H,2-4,7,9-10,16H2,1H3. The first-order valence-corrected chi connectivity index (χ1v) is 9.25. The van der Waals surface area contributed by atoms with Gasteiger partial charge in [-0.25, -0.2) is 8.42 Å². The summed E-state index contributed by atoms with van der Waals surface area (Å²) >= 11 is 3.31. The number of rotatable bonds is 5. The molecule has 0 saturated carbocycles. The maximum Gasteiger partial charge on any atom is 0.244 e. The van der Waals surface area contributed by atoms with Gasteiger partial charge in [-0.15, -0.1) is 0 Å². The molecular formula is C14H21BrN2O3S. The van der Waals surface area contributed by atoms with E-state index < -0.39 is 10.0 Å². The van der Waals surface area contributed by atoms with Crippen molar-refractivity contribution >= 4 is 26.0 Å². The Morgan fingerprint density at radius 2 is 2.19 bits per heavy atom. The summed E-state index contributed by atoms with van der Waals surface area (Å²) in [6, 6.07) is 5.16. The molecule has 118 valence electrons. The van der Waals surface area contributed by atoms with E-state index in [1.807, 2.05) is 6.07 Å². The van der Waals surface area contributed by atoms with Crippen molar-refractivity contribution in [2.24, 2.45) is 5.73 Å². The van der Waals surface area contributed by atoms with Crippen molar-refractivity contribution in [3.8, 4) is 0 Å². The molecule has 1 fully saturated rings. The molecule has 0 aromatic heterocycles. The fraction of sp³-hybridized carbons (Fsp3) is 0.571. The number of halogens is 1. The molecule has 0 amide bonds. The topological polar surface area (TPSA) is 72.6 Å². The predicted octanol–water partition coefficient (Wildman–Crippen LogP) is 2.10. The third-order valence-electron chi connectivity index (χ3n) is 3.65. The average molecular weight is 377 g/mol. The number of likely N-dealkylation sites (N-methyl/N-ethyl adjacent to an activating group) is 1. The minimum absolute atomic E-state index is 0.0185. The third kappa shape index (κ3) is 4.04. The van der Waals surface area contributed by atoms with Crippen LogP contribution in [0.15, 0.2) is 27.6 Å². The zero-order chi connectivity index (χ0) is 15.5. The lowest BCUT2D eigenvalue weighted by Crippen LogP contribution is -2.37. The second-order valence-electron chi connectivity index (χ2n) is 5.24. The molecule has 0 spiro atoms. The second kappa shape index (κ2) is 7.19. The first-order valence-electron chi connectivity index (χ1n) is 7.01. The van der Waals surface area contributed by atoms with Crippen LogP contribution in [0.2, 0.25) is 0 Å². The Morgan fingerprint density at radius 1 is 1.43 bits per heavy atom. The maximum atomic E-state index is 12.7. The Labute approximate surface area is 134 Å². The number of ether oxygens (including phenoxy) is 1. The summed E-state index contributed by atoms with van der Waals surface area (Å²) < 4.78 is 32.9. The van der Waals surface area contributed by atoms with Gasteiger partial charge in [-0.1, -0.05) is 6.07 Å². The van der Waals surface area contributed by atoms with Gasteiger partial charge in [0.2, 0.25) is 10.0 Å². The van der Waals surface area contributed by atoms with Crippen molar-refractivity contribution in [3.05, 3.63) is 28.2 Å². The number of benzene rings is 1. The van der Waals surface area contributed by atoms with Gasteiger partial charge in [0, 0.05) is 31.2 Å². The number of sulfonamides is 1. The maximum absolute atomic E-state index is 12.7. The Bertz CT molecular complexity index is 586. The molecule has 1 aliphatic heterocycles. The molecule has 1 saturated heterocycles. The Kier molecular flexibility index (Phi) is 5.79. The second-order valence-corrected chi connectivity index (χ2v) is 8.11. The van der Waals surface area contributed by atoms with Crippen LogP contribution >= 0.6 is 15.9 Å². The number of hydrogen-bond acceptors (Lipinski definition) is 4. The monoisotopic (exact) mass is 376 g/mol. The summed E-state index contributed by atoms with van der Waals surface area (Å²) in [7, 11) is -1.96. The van der Waals surface area contributed by atoms with E-state index >= 15 is 0 Å². The zero-order valence-electron chi connectivity index (χ0n) is 12.1. The molecular weight excluding hydrogens is 356 g/mol. The minimum atomic E-state index is -3.55. The summed E-state index contributed by atoms with van der Waals surface area (Å²) in [5.74, 6) is 0. The van der Waals surface area contributed by atoms with Crippen LogP contribution in [0.5, 0.6) is 0 Å². The lowest BCUT2D eigenvalue weighted by Gasteiger charge is -2.27. The molecule has 0 radical (unpaired) electrons. The van der Waals surface area contributed by atoms with E-state index in [2.05, 4.69) is 15.9 Å². The van der Waals surface area contributed by atoms with E-state index in [4.69, 9.17) is 10.5 Å². The van der Waals surface area contributed by atoms with Crippen LogP contribution in [0.4, 0.5) is 0 Å². The Hall–Kier alpha value is -0.470. The fourth-order valence-electron chi connectivity index (χ4n) is 2.38. The van der Waals surface area contributed by atoms with Gasteiger partial charge in [-0.2, -0.15) is 4.31 Å². The average Bonchev–Trinajstić information content (AvgIpc) is 2.48. The van der Waals surface area contributed by atoms with E-state index in [0.717, 1.165) is 24.8 Å². The number of nitrogens with zero attached hydrogens (tertiary/aromatic N) is 1. The van der Waals surface area contributed by atoms with E-state index in [9.17, 15) is 8.42 Å². The molecule has 21 heavy (non-hydrogen) atoms. The van der Waals surface area contributed by atoms with Crippen molar-refractivity contribution < 1.29 is 13.2 Å². The van der Waals surface area contributed by atoms with Gasteiger partial charge in [0.25, 0.3) is 0 Å². The normalized spacial score (nSPS) is 19.9. The molecule has 1 heterocycles. The molecule has 5 nitrogen and oxygen atoms in total. The molecule has 1 atom stereocenters. The fourth-order valence-corrected chi connectivity index (χ4v) is 4.55. The molecule has 1 aliphatic rings. The van der Waals surface area contributed by atoms with Crippen molar-refractivity contribution in [1.29, 1.82) is 0 Å². The zero-order valence-corrected chi connectivity index (χ0v) is 14.5. The minimum Gasteiger partial charge on any atom is -0.377 e. The summed E-state index contributed by atoms with van der Waals surface area (Å²) in [4.78, 5) is 0.253. The highest BCUT2D eigenvalue weighted by Gasteiger charge is 2.27. The Balaban J connectivity index is 2.20. The third-order valence-corrected chi connectivity index (χ3v) is 6.47. The molecule has 0 bridgehead atoms. The first kappa shape index (κ1) is 16.9. The number of hydrogen-bond donors (Lipinski definition) is 1. The van der Waals surface area contributed by atoms with Crippen LogP contribution in [0.3, 0.4) is 0 Å². The smallest absolute Gasteiger partial charge is 0.244 e. The van der Waals surface area contributed by atoms with Crippen molar-refractivity contribution in [3.63, 3.8) is 0 Å². The van der Waals surface area contributed by atoms with E-state index in [1.54, 1.807) is 19.2 Å². The van der Waals surface area contributed by atoms with Gasteiger partial charge in [0.1, 0.15) is 0 Å². The van der Waals surface area contributed by atoms with Crippen LogP contribution in [-0.4, -0.2) is 39.0 Å². The predicted molar refractivity (Wildman–Crippen MR) is 85.4 cm³/mol. The lowest BCUT2D eigenvalue weighted by molar-refractivity contribution is 0.00858. The van der Waals surface area contributed by atoms with Gasteiger partial charge < -0.3 is 10.5 Å². The van der Waals surface area contributed by atoms with Crippen molar-refractivity contribution in [2.45, 2.75) is 36.8 Å². The summed E-state index contributed by atoms with van der Waals surface area (Å²) in [6.07, 6.45) is 3.03. The lowest BCUT2D eigenvalue weighted by atomic mass is 10.1. The summed E-state index contributed by atoms with van der Waals surface area (Å²) in [6.45, 7) is 1.40. The molecule has 1 aromatic carbocycles. The van der Waals surface area contributed by atoms with Crippen molar-refractivity contribution in [2.75, 3.05) is 20.2 Å². The summed E-state index contributed by atoms with van der Waals surface area (Å²) in [5.41, 5.74) is 6.38. The van der Waals surface area contributed by atoms with Gasteiger partial charge in [0.15, 0.2) is 0 Å². The molecule has 1 unspecified atom stereocenters. The van der Waals surface area contributed by atoms with Crippen LogP contribution in [0.1, 0.15) is 24.8 Å². The molecule has 2 rings (SSSR count). The van der Waals surface area contributed by atoms with Crippen LogP contribution in [-0.2, 0) is 21.3 Å². The van der Waals surface area contributed by atoms with Crippen LogP contribution < -0.4 is 5.73 Å². The van der Waals surface area contributed by atoms with Gasteiger partial charge in [-0.3, -0.25) is 0 Å². The largest absolute Gasteiger partial charge is 0.377 e. The molecule has 7 heteroatoms. The van der Waals surface area contributed by atoms with E-state index in [0.29, 0.717) is 24.2 Å². The first-order chi connectivity index (χ1) is 9.95. The van der Waals surface area contributed by atoms with Gasteiger partial charge in [0.05, 0.1) is 11.0 Å².